The van der Waals surface area contributed by atoms with Crippen molar-refractivity contribution in [2.75, 3.05) is 29.5 Å². The van der Waals surface area contributed by atoms with Crippen LogP contribution < -0.4 is 4.90 Å². The van der Waals surface area contributed by atoms with Crippen molar-refractivity contribution in [3.63, 3.8) is 0 Å². The number of nitrogens with zero attached hydrogens (tertiary/aromatic N) is 3. The molecule has 1 aromatic heterocycles. The third kappa shape index (κ3) is 2.79. The van der Waals surface area contributed by atoms with E-state index in [9.17, 15) is 4.21 Å². The first-order chi connectivity index (χ1) is 7.69. The zero-order chi connectivity index (χ0) is 11.5. The van der Waals surface area contributed by atoms with Crippen LogP contribution in [-0.2, 0) is 17.2 Å². The molecule has 6 heteroatoms. The van der Waals surface area contributed by atoms with E-state index in [4.69, 9.17) is 0 Å². The standard InChI is InChI=1S/C10H14BrN3OS/c1-2-9-12-8(11)7-10(13-9)14-3-5-16(15)6-4-14/h7H,2-6H2,1H3. The van der Waals surface area contributed by atoms with Crippen LogP contribution in [0.1, 0.15) is 12.7 Å². The van der Waals surface area contributed by atoms with Gasteiger partial charge in [-0.25, -0.2) is 9.97 Å². The zero-order valence-corrected chi connectivity index (χ0v) is 11.6. The molecule has 0 saturated carbocycles. The summed E-state index contributed by atoms with van der Waals surface area (Å²) in [7, 11) is -0.644. The van der Waals surface area contributed by atoms with Gasteiger partial charge >= 0.3 is 0 Å². The van der Waals surface area contributed by atoms with Crippen LogP contribution in [0.5, 0.6) is 0 Å². The molecule has 1 aliphatic rings. The molecule has 2 heterocycles. The third-order valence-electron chi connectivity index (χ3n) is 2.55. The fourth-order valence-corrected chi connectivity index (χ4v) is 3.10. The summed E-state index contributed by atoms with van der Waals surface area (Å²) in [5.41, 5.74) is 0. The second-order valence-electron chi connectivity index (χ2n) is 3.65. The first-order valence-electron chi connectivity index (χ1n) is 5.32. The van der Waals surface area contributed by atoms with Gasteiger partial charge < -0.3 is 4.90 Å². The first kappa shape index (κ1) is 12.0. The van der Waals surface area contributed by atoms with Gasteiger partial charge in [-0.3, -0.25) is 4.21 Å². The van der Waals surface area contributed by atoms with E-state index in [0.29, 0.717) is 0 Å². The minimum Gasteiger partial charge on any atom is -0.355 e. The number of hydrogen-bond acceptors (Lipinski definition) is 4. The lowest BCUT2D eigenvalue weighted by Crippen LogP contribution is -2.38. The Hall–Kier alpha value is -0.490. The van der Waals surface area contributed by atoms with E-state index < -0.39 is 10.8 Å². The van der Waals surface area contributed by atoms with Crippen molar-refractivity contribution in [3.05, 3.63) is 16.5 Å². The Morgan fingerprint density at radius 2 is 2.12 bits per heavy atom. The molecule has 2 rings (SSSR count). The molecule has 1 saturated heterocycles. The third-order valence-corrected chi connectivity index (χ3v) is 4.23. The summed E-state index contributed by atoms with van der Waals surface area (Å²) in [6, 6.07) is 1.92. The summed E-state index contributed by atoms with van der Waals surface area (Å²) in [5.74, 6) is 3.26. The Morgan fingerprint density at radius 3 is 2.75 bits per heavy atom. The highest BCUT2D eigenvalue weighted by Gasteiger charge is 2.17. The lowest BCUT2D eigenvalue weighted by Gasteiger charge is -2.27. The second-order valence-corrected chi connectivity index (χ2v) is 6.16. The molecule has 0 N–H and O–H groups in total. The minimum absolute atomic E-state index is 0.644. The summed E-state index contributed by atoms with van der Waals surface area (Å²) >= 11 is 3.39. The highest BCUT2D eigenvalue weighted by atomic mass is 79.9. The molecule has 4 nitrogen and oxygen atoms in total. The monoisotopic (exact) mass is 303 g/mol. The van der Waals surface area contributed by atoms with Gasteiger partial charge in [-0.1, -0.05) is 6.92 Å². The molecule has 0 bridgehead atoms. The van der Waals surface area contributed by atoms with Crippen molar-refractivity contribution in [2.45, 2.75) is 13.3 Å². The van der Waals surface area contributed by atoms with Crippen LogP contribution in [0.25, 0.3) is 0 Å². The fraction of sp³-hybridized carbons (Fsp3) is 0.600. The van der Waals surface area contributed by atoms with Gasteiger partial charge in [0.1, 0.15) is 16.2 Å². The highest BCUT2D eigenvalue weighted by molar-refractivity contribution is 9.10. The van der Waals surface area contributed by atoms with Crippen molar-refractivity contribution in [2.24, 2.45) is 0 Å². The molecule has 88 valence electrons. The molecule has 0 atom stereocenters. The average Bonchev–Trinajstić information content (AvgIpc) is 2.29. The Labute approximate surface area is 106 Å². The normalized spacial score (nSPS) is 17.8. The summed E-state index contributed by atoms with van der Waals surface area (Å²) in [5, 5.41) is 0. The lowest BCUT2D eigenvalue weighted by atomic mass is 10.4. The van der Waals surface area contributed by atoms with Crippen LogP contribution in [0.3, 0.4) is 0 Å². The van der Waals surface area contributed by atoms with E-state index in [1.54, 1.807) is 0 Å². The average molecular weight is 304 g/mol. The second kappa shape index (κ2) is 5.23. The molecule has 1 aliphatic heterocycles. The molecular formula is C10H14BrN3OS. The number of anilines is 1. The van der Waals surface area contributed by atoms with Crippen LogP contribution in [-0.4, -0.2) is 38.8 Å². The van der Waals surface area contributed by atoms with E-state index in [1.165, 1.54) is 0 Å². The van der Waals surface area contributed by atoms with Gasteiger partial charge in [0, 0.05) is 47.9 Å². The Kier molecular flexibility index (Phi) is 3.91. The van der Waals surface area contributed by atoms with Crippen molar-refractivity contribution in [1.82, 2.24) is 9.97 Å². The molecular weight excluding hydrogens is 290 g/mol. The van der Waals surface area contributed by atoms with E-state index >= 15 is 0 Å². The molecule has 1 aromatic rings. The number of aryl methyl sites for hydroxylation is 1. The number of hydrogen-bond donors (Lipinski definition) is 0. The minimum atomic E-state index is -0.644. The quantitative estimate of drug-likeness (QED) is 0.774. The first-order valence-corrected chi connectivity index (χ1v) is 7.60. The summed E-state index contributed by atoms with van der Waals surface area (Å²) in [4.78, 5) is 10.9. The Bertz CT molecular complexity index is 403. The van der Waals surface area contributed by atoms with Crippen LogP contribution in [0.15, 0.2) is 10.7 Å². The number of halogens is 1. The van der Waals surface area contributed by atoms with Crippen molar-refractivity contribution in [3.8, 4) is 0 Å². The SMILES string of the molecule is CCc1nc(Br)cc(N2CCS(=O)CC2)n1. The smallest absolute Gasteiger partial charge is 0.133 e. The largest absolute Gasteiger partial charge is 0.355 e. The predicted octanol–water partition coefficient (Wildman–Crippen LogP) is 1.37. The van der Waals surface area contributed by atoms with Gasteiger partial charge in [-0.2, -0.15) is 0 Å². The van der Waals surface area contributed by atoms with Crippen molar-refractivity contribution in [1.29, 1.82) is 0 Å². The van der Waals surface area contributed by atoms with Gasteiger partial charge in [0.25, 0.3) is 0 Å². The molecule has 0 aromatic carbocycles. The van der Waals surface area contributed by atoms with Crippen LogP contribution in [0.4, 0.5) is 5.82 Å². The molecule has 0 amide bonds. The van der Waals surface area contributed by atoms with Gasteiger partial charge in [-0.15, -0.1) is 0 Å². The predicted molar refractivity (Wildman–Crippen MR) is 69.2 cm³/mol. The molecule has 0 unspecified atom stereocenters. The van der Waals surface area contributed by atoms with E-state index in [0.717, 1.165) is 47.3 Å². The maximum atomic E-state index is 11.3. The van der Waals surface area contributed by atoms with Gasteiger partial charge in [0.15, 0.2) is 0 Å². The maximum Gasteiger partial charge on any atom is 0.133 e. The lowest BCUT2D eigenvalue weighted by molar-refractivity contribution is 0.672. The zero-order valence-electron chi connectivity index (χ0n) is 9.15. The maximum absolute atomic E-state index is 11.3. The van der Waals surface area contributed by atoms with E-state index in [2.05, 4.69) is 30.8 Å². The fourth-order valence-electron chi connectivity index (χ4n) is 1.64. The van der Waals surface area contributed by atoms with Gasteiger partial charge in [0.2, 0.25) is 0 Å². The molecule has 0 radical (unpaired) electrons. The molecule has 1 fully saturated rings. The van der Waals surface area contributed by atoms with Crippen LogP contribution in [0.2, 0.25) is 0 Å². The molecule has 0 spiro atoms. The van der Waals surface area contributed by atoms with Crippen LogP contribution in [0, 0.1) is 0 Å². The number of aromatic nitrogens is 2. The topological polar surface area (TPSA) is 46.1 Å². The van der Waals surface area contributed by atoms with Gasteiger partial charge in [-0.05, 0) is 15.9 Å². The summed E-state index contributed by atoms with van der Waals surface area (Å²) in [6.07, 6.45) is 0.826. The molecule has 16 heavy (non-hydrogen) atoms. The van der Waals surface area contributed by atoms with E-state index in [-0.39, 0.29) is 0 Å². The van der Waals surface area contributed by atoms with Crippen molar-refractivity contribution >= 4 is 32.5 Å². The Morgan fingerprint density at radius 1 is 1.44 bits per heavy atom. The van der Waals surface area contributed by atoms with Crippen LogP contribution >= 0.6 is 15.9 Å². The van der Waals surface area contributed by atoms with E-state index in [1.807, 2.05) is 13.0 Å². The Balaban J connectivity index is 2.19. The van der Waals surface area contributed by atoms with Crippen molar-refractivity contribution < 1.29 is 4.21 Å². The number of rotatable bonds is 2. The molecule has 0 aliphatic carbocycles. The summed E-state index contributed by atoms with van der Waals surface area (Å²) < 4.78 is 12.1. The van der Waals surface area contributed by atoms with Gasteiger partial charge in [0.05, 0.1) is 0 Å². The summed E-state index contributed by atoms with van der Waals surface area (Å²) in [6.45, 7) is 3.68. The highest BCUT2D eigenvalue weighted by Crippen LogP contribution is 2.18.